The summed E-state index contributed by atoms with van der Waals surface area (Å²) < 4.78 is 5.32. The smallest absolute Gasteiger partial charge is 0.317 e. The zero-order valence-corrected chi connectivity index (χ0v) is 18.1. The maximum Gasteiger partial charge on any atom is 0.317 e. The van der Waals surface area contributed by atoms with E-state index in [1.807, 2.05) is 23.1 Å². The lowest BCUT2D eigenvalue weighted by atomic mass is 9.66. The third kappa shape index (κ3) is 4.53. The second-order valence-electron chi connectivity index (χ2n) is 8.51. The minimum Gasteiger partial charge on any atom is -0.496 e. The van der Waals surface area contributed by atoms with Crippen LogP contribution in [0.3, 0.4) is 0 Å². The van der Waals surface area contributed by atoms with E-state index in [2.05, 4.69) is 34.9 Å². The summed E-state index contributed by atoms with van der Waals surface area (Å²) in [5, 5.41) is 6.02. The summed E-state index contributed by atoms with van der Waals surface area (Å²) >= 11 is 0. The SMILES string of the molecule is COc1ccccc1C(=O)NCCC1(c2ccccc2)CCC(N2CCNC2=O)CC1. The lowest BCUT2D eigenvalue weighted by molar-refractivity contribution is 0.0941. The molecule has 3 amide bonds. The molecule has 1 aliphatic heterocycles. The van der Waals surface area contributed by atoms with Gasteiger partial charge in [0.15, 0.2) is 0 Å². The number of hydrogen-bond donors (Lipinski definition) is 2. The number of urea groups is 1. The molecule has 31 heavy (non-hydrogen) atoms. The summed E-state index contributed by atoms with van der Waals surface area (Å²) in [5.41, 5.74) is 1.90. The fourth-order valence-corrected chi connectivity index (χ4v) is 5.12. The number of ether oxygens (including phenoxy) is 1. The van der Waals surface area contributed by atoms with Crippen LogP contribution in [-0.4, -0.2) is 49.6 Å². The predicted octanol–water partition coefficient (Wildman–Crippen LogP) is 3.72. The summed E-state index contributed by atoms with van der Waals surface area (Å²) in [6.45, 7) is 2.14. The molecular formula is C25H31N3O3. The minimum atomic E-state index is -0.108. The summed E-state index contributed by atoms with van der Waals surface area (Å²) in [6, 6.07) is 18.3. The van der Waals surface area contributed by atoms with Gasteiger partial charge in [0.2, 0.25) is 0 Å². The van der Waals surface area contributed by atoms with E-state index in [0.29, 0.717) is 23.9 Å². The Bertz CT molecular complexity index is 907. The Labute approximate surface area is 184 Å². The average Bonchev–Trinajstić information content (AvgIpc) is 3.25. The molecule has 0 aromatic heterocycles. The van der Waals surface area contributed by atoms with Crippen LogP contribution in [0.1, 0.15) is 48.0 Å². The van der Waals surface area contributed by atoms with Crippen LogP contribution in [0.4, 0.5) is 4.79 Å². The molecule has 0 bridgehead atoms. The Morgan fingerprint density at radius 2 is 1.84 bits per heavy atom. The van der Waals surface area contributed by atoms with Crippen molar-refractivity contribution < 1.29 is 14.3 Å². The largest absolute Gasteiger partial charge is 0.496 e. The van der Waals surface area contributed by atoms with Gasteiger partial charge in [-0.25, -0.2) is 4.79 Å². The van der Waals surface area contributed by atoms with Crippen molar-refractivity contribution in [3.63, 3.8) is 0 Å². The van der Waals surface area contributed by atoms with Gasteiger partial charge in [0.1, 0.15) is 5.75 Å². The van der Waals surface area contributed by atoms with Crippen LogP contribution in [-0.2, 0) is 5.41 Å². The first kappa shape index (κ1) is 21.2. The van der Waals surface area contributed by atoms with Gasteiger partial charge in [-0.1, -0.05) is 42.5 Å². The van der Waals surface area contributed by atoms with Gasteiger partial charge in [0.05, 0.1) is 12.7 Å². The monoisotopic (exact) mass is 421 g/mol. The van der Waals surface area contributed by atoms with Crippen LogP contribution in [0.2, 0.25) is 0 Å². The molecule has 164 valence electrons. The minimum absolute atomic E-state index is 0.0159. The van der Waals surface area contributed by atoms with Gasteiger partial charge < -0.3 is 20.3 Å². The summed E-state index contributed by atoms with van der Waals surface area (Å²) in [4.78, 5) is 26.8. The first-order valence-electron chi connectivity index (χ1n) is 11.1. The van der Waals surface area contributed by atoms with Crippen molar-refractivity contribution >= 4 is 11.9 Å². The Balaban J connectivity index is 1.43. The van der Waals surface area contributed by atoms with Crippen LogP contribution in [0, 0.1) is 0 Å². The molecule has 2 aliphatic rings. The first-order valence-corrected chi connectivity index (χ1v) is 11.1. The highest BCUT2D eigenvalue weighted by molar-refractivity contribution is 5.96. The van der Waals surface area contributed by atoms with Crippen molar-refractivity contribution in [1.82, 2.24) is 15.5 Å². The average molecular weight is 422 g/mol. The summed E-state index contributed by atoms with van der Waals surface area (Å²) in [6.07, 6.45) is 4.87. The molecule has 1 aliphatic carbocycles. The molecular weight excluding hydrogens is 390 g/mol. The Kier molecular flexibility index (Phi) is 6.44. The van der Waals surface area contributed by atoms with Crippen LogP contribution in [0.25, 0.3) is 0 Å². The molecule has 2 aromatic rings. The van der Waals surface area contributed by atoms with Gasteiger partial charge in [-0.05, 0) is 55.2 Å². The fourth-order valence-electron chi connectivity index (χ4n) is 5.12. The number of amides is 3. The van der Waals surface area contributed by atoms with E-state index >= 15 is 0 Å². The van der Waals surface area contributed by atoms with Gasteiger partial charge in [0.25, 0.3) is 5.91 Å². The van der Waals surface area contributed by atoms with E-state index in [0.717, 1.165) is 45.2 Å². The van der Waals surface area contributed by atoms with Crippen molar-refractivity contribution in [3.05, 3.63) is 65.7 Å². The summed E-state index contributed by atoms with van der Waals surface area (Å²) in [5.74, 6) is 0.477. The number of benzene rings is 2. The standard InChI is InChI=1S/C25H31N3O3/c1-31-22-10-6-5-9-21(22)23(29)26-16-15-25(19-7-3-2-4-8-19)13-11-20(12-14-25)28-18-17-27-24(28)30/h2-10,20H,11-18H2,1H3,(H,26,29)(H,27,30). The quantitative estimate of drug-likeness (QED) is 0.716. The molecule has 2 aromatic carbocycles. The number of nitrogens with one attached hydrogen (secondary N) is 2. The van der Waals surface area contributed by atoms with E-state index in [1.165, 1.54) is 5.56 Å². The Morgan fingerprint density at radius 1 is 1.13 bits per heavy atom. The highest BCUT2D eigenvalue weighted by Gasteiger charge is 2.40. The van der Waals surface area contributed by atoms with Crippen molar-refractivity contribution in [1.29, 1.82) is 0 Å². The lowest BCUT2D eigenvalue weighted by Crippen LogP contribution is -2.45. The Morgan fingerprint density at radius 3 is 2.52 bits per heavy atom. The zero-order chi connectivity index (χ0) is 21.7. The van der Waals surface area contributed by atoms with Gasteiger partial charge in [-0.2, -0.15) is 0 Å². The summed E-state index contributed by atoms with van der Waals surface area (Å²) in [7, 11) is 1.58. The maximum atomic E-state index is 12.7. The van der Waals surface area contributed by atoms with Crippen LogP contribution in [0.15, 0.2) is 54.6 Å². The molecule has 0 spiro atoms. The molecule has 1 saturated heterocycles. The third-order valence-corrected chi connectivity index (χ3v) is 6.87. The third-order valence-electron chi connectivity index (χ3n) is 6.87. The van der Waals surface area contributed by atoms with Crippen LogP contribution >= 0.6 is 0 Å². The Hall–Kier alpha value is -3.02. The van der Waals surface area contributed by atoms with Crippen molar-refractivity contribution in [2.45, 2.75) is 43.6 Å². The van der Waals surface area contributed by atoms with E-state index in [4.69, 9.17) is 4.74 Å². The number of nitrogens with zero attached hydrogens (tertiary/aromatic N) is 1. The molecule has 2 N–H and O–H groups in total. The molecule has 6 nitrogen and oxygen atoms in total. The van der Waals surface area contributed by atoms with Gasteiger partial charge in [-0.3, -0.25) is 4.79 Å². The second-order valence-corrected chi connectivity index (χ2v) is 8.51. The number of methoxy groups -OCH3 is 1. The van der Waals surface area contributed by atoms with Crippen molar-refractivity contribution in [2.24, 2.45) is 0 Å². The number of para-hydroxylation sites is 1. The van der Waals surface area contributed by atoms with Crippen molar-refractivity contribution in [3.8, 4) is 5.75 Å². The van der Waals surface area contributed by atoms with E-state index in [9.17, 15) is 9.59 Å². The van der Waals surface area contributed by atoms with Crippen LogP contribution in [0.5, 0.6) is 5.75 Å². The number of carbonyl (C=O) groups is 2. The normalized spacial score (nSPS) is 23.3. The first-order chi connectivity index (χ1) is 15.1. The van der Waals surface area contributed by atoms with E-state index in [-0.39, 0.29) is 17.4 Å². The van der Waals surface area contributed by atoms with E-state index in [1.54, 1.807) is 19.2 Å². The zero-order valence-electron chi connectivity index (χ0n) is 18.1. The lowest BCUT2D eigenvalue weighted by Gasteiger charge is -2.43. The van der Waals surface area contributed by atoms with E-state index < -0.39 is 0 Å². The van der Waals surface area contributed by atoms with Crippen LogP contribution < -0.4 is 15.4 Å². The fraction of sp³-hybridized carbons (Fsp3) is 0.440. The number of rotatable bonds is 7. The molecule has 1 heterocycles. The predicted molar refractivity (Wildman–Crippen MR) is 120 cm³/mol. The molecule has 0 unspecified atom stereocenters. The molecule has 6 heteroatoms. The molecule has 0 radical (unpaired) electrons. The highest BCUT2D eigenvalue weighted by atomic mass is 16.5. The van der Waals surface area contributed by atoms with Crippen molar-refractivity contribution in [2.75, 3.05) is 26.7 Å². The number of hydrogen-bond acceptors (Lipinski definition) is 3. The molecule has 2 fully saturated rings. The highest BCUT2D eigenvalue weighted by Crippen LogP contribution is 2.43. The van der Waals surface area contributed by atoms with Gasteiger partial charge in [0, 0.05) is 25.7 Å². The molecule has 0 atom stereocenters. The maximum absolute atomic E-state index is 12.7. The van der Waals surface area contributed by atoms with Gasteiger partial charge >= 0.3 is 6.03 Å². The molecule has 4 rings (SSSR count). The molecule has 1 saturated carbocycles. The number of carbonyl (C=O) groups excluding carboxylic acids is 2. The topological polar surface area (TPSA) is 70.7 Å². The second kappa shape index (κ2) is 9.41. The van der Waals surface area contributed by atoms with Gasteiger partial charge in [-0.15, -0.1) is 0 Å².